The van der Waals surface area contributed by atoms with Crippen LogP contribution in [0, 0.1) is 0 Å². The fraction of sp³-hybridized carbons (Fsp3) is 0.316. The molecule has 0 spiro atoms. The summed E-state index contributed by atoms with van der Waals surface area (Å²) in [6, 6.07) is 9.80. The Morgan fingerprint density at radius 3 is 2.41 bits per heavy atom. The lowest BCUT2D eigenvalue weighted by molar-refractivity contribution is -0.419. The lowest BCUT2D eigenvalue weighted by Crippen LogP contribution is -2.37. The number of halogens is 1. The summed E-state index contributed by atoms with van der Waals surface area (Å²) in [6.07, 6.45) is -3.52. The first-order valence-electron chi connectivity index (χ1n) is 8.37. The van der Waals surface area contributed by atoms with Crippen LogP contribution in [0.3, 0.4) is 0 Å². The van der Waals surface area contributed by atoms with E-state index in [9.17, 15) is 20.1 Å². The molecule has 3 rings (SSSR count). The lowest BCUT2D eigenvalue weighted by atomic mass is 9.89. The largest absolute Gasteiger partial charge is 0.487 e. The molecule has 1 atom stereocenters. The Labute approximate surface area is 161 Å². The monoisotopic (exact) mass is 393 g/mol. The normalized spacial score (nSPS) is 16.7. The van der Waals surface area contributed by atoms with Crippen LogP contribution >= 0.6 is 11.6 Å². The standard InChI is InChI=1S/C19H20ClNO6/c1-10(2)26-15-9-14-12(7-16(15)27-19(23,24)25)8-17(22)21-18(14)11-3-5-13(20)6-4-11/h3-7,9-10,18,23-25H,8H2,1-2H3,(H,21,22). The van der Waals surface area contributed by atoms with Crippen LogP contribution < -0.4 is 14.8 Å². The maximum atomic E-state index is 12.2. The summed E-state index contributed by atoms with van der Waals surface area (Å²) in [5.41, 5.74) is 2.23. The Hall–Kier alpha value is -2.32. The van der Waals surface area contributed by atoms with Crippen molar-refractivity contribution in [2.45, 2.75) is 38.6 Å². The Kier molecular flexibility index (Phi) is 5.30. The van der Waals surface area contributed by atoms with Gasteiger partial charge in [0.05, 0.1) is 18.6 Å². The molecule has 2 aromatic rings. The van der Waals surface area contributed by atoms with Gasteiger partial charge < -0.3 is 30.1 Å². The molecule has 0 radical (unpaired) electrons. The molecule has 7 nitrogen and oxygen atoms in total. The molecule has 1 aliphatic heterocycles. The zero-order valence-electron chi connectivity index (χ0n) is 14.8. The van der Waals surface area contributed by atoms with E-state index in [-0.39, 0.29) is 29.9 Å². The fourth-order valence-corrected chi connectivity index (χ4v) is 3.12. The highest BCUT2D eigenvalue weighted by molar-refractivity contribution is 6.30. The number of ether oxygens (including phenoxy) is 2. The predicted molar refractivity (Wildman–Crippen MR) is 97.4 cm³/mol. The van der Waals surface area contributed by atoms with Gasteiger partial charge in [0.1, 0.15) is 0 Å². The molecule has 2 aromatic carbocycles. The lowest BCUT2D eigenvalue weighted by Gasteiger charge is -2.29. The molecule has 0 fully saturated rings. The third-order valence-corrected chi connectivity index (χ3v) is 4.24. The summed E-state index contributed by atoms with van der Waals surface area (Å²) in [5.74, 6) is -0.0749. The molecule has 0 aromatic heterocycles. The molecule has 1 amide bonds. The number of carbonyl (C=O) groups excluding carboxylic acids is 1. The van der Waals surface area contributed by atoms with E-state index in [1.807, 2.05) is 12.1 Å². The van der Waals surface area contributed by atoms with Crippen LogP contribution in [0.4, 0.5) is 0 Å². The molecule has 0 bridgehead atoms. The Morgan fingerprint density at radius 1 is 1.15 bits per heavy atom. The number of hydrogen-bond donors (Lipinski definition) is 4. The van der Waals surface area contributed by atoms with Crippen molar-refractivity contribution in [3.8, 4) is 11.5 Å². The van der Waals surface area contributed by atoms with E-state index in [0.29, 0.717) is 10.6 Å². The molecule has 0 saturated carbocycles. The Bertz CT molecular complexity index is 845. The first-order chi connectivity index (χ1) is 12.6. The van der Waals surface area contributed by atoms with Crippen molar-refractivity contribution in [3.63, 3.8) is 0 Å². The van der Waals surface area contributed by atoms with Crippen molar-refractivity contribution in [1.82, 2.24) is 5.32 Å². The van der Waals surface area contributed by atoms with E-state index >= 15 is 0 Å². The Balaban J connectivity index is 2.10. The molecule has 4 N–H and O–H groups in total. The number of benzene rings is 2. The molecule has 8 heteroatoms. The van der Waals surface area contributed by atoms with Gasteiger partial charge in [-0.1, -0.05) is 23.7 Å². The second-order valence-corrected chi connectivity index (χ2v) is 7.01. The third kappa shape index (κ3) is 4.70. The van der Waals surface area contributed by atoms with E-state index in [0.717, 1.165) is 11.1 Å². The number of nitrogens with one attached hydrogen (secondary N) is 1. The number of carbonyl (C=O) groups is 1. The summed E-state index contributed by atoms with van der Waals surface area (Å²) in [6.45, 7) is 3.59. The van der Waals surface area contributed by atoms with Crippen molar-refractivity contribution in [2.24, 2.45) is 0 Å². The first kappa shape index (κ1) is 19.4. The second-order valence-electron chi connectivity index (χ2n) is 6.57. The number of fused-ring (bicyclic) bond motifs is 1. The van der Waals surface area contributed by atoms with Crippen LogP contribution in [-0.4, -0.2) is 33.5 Å². The number of rotatable bonds is 5. The molecule has 1 heterocycles. The third-order valence-electron chi connectivity index (χ3n) is 3.99. The smallest absolute Gasteiger partial charge is 0.453 e. The van der Waals surface area contributed by atoms with Gasteiger partial charge in [-0.15, -0.1) is 0 Å². The van der Waals surface area contributed by atoms with Crippen LogP contribution in [0.25, 0.3) is 0 Å². The van der Waals surface area contributed by atoms with Crippen molar-refractivity contribution in [1.29, 1.82) is 0 Å². The summed E-state index contributed by atoms with van der Waals surface area (Å²) >= 11 is 5.95. The Morgan fingerprint density at radius 2 is 1.81 bits per heavy atom. The predicted octanol–water partition coefficient (Wildman–Crippen LogP) is 1.86. The highest BCUT2D eigenvalue weighted by Gasteiger charge is 2.30. The molecule has 144 valence electrons. The van der Waals surface area contributed by atoms with Gasteiger partial charge in [-0.2, -0.15) is 0 Å². The maximum Gasteiger partial charge on any atom is 0.453 e. The average molecular weight is 394 g/mol. The van der Waals surface area contributed by atoms with Crippen LogP contribution in [0.5, 0.6) is 11.5 Å². The van der Waals surface area contributed by atoms with Gasteiger partial charge in [-0.3, -0.25) is 4.79 Å². The van der Waals surface area contributed by atoms with Crippen molar-refractivity contribution < 1.29 is 29.6 Å². The van der Waals surface area contributed by atoms with Crippen LogP contribution in [0.2, 0.25) is 5.02 Å². The minimum atomic E-state index is -3.37. The van der Waals surface area contributed by atoms with E-state index in [1.165, 1.54) is 6.07 Å². The zero-order chi connectivity index (χ0) is 19.8. The SMILES string of the molecule is CC(C)Oc1cc2c(cc1OC(O)(O)O)CC(=O)NC2c1ccc(Cl)cc1. The van der Waals surface area contributed by atoms with Gasteiger partial charge in [0.25, 0.3) is 0 Å². The first-order valence-corrected chi connectivity index (χ1v) is 8.74. The maximum absolute atomic E-state index is 12.2. The number of hydrogen-bond acceptors (Lipinski definition) is 6. The highest BCUT2D eigenvalue weighted by Crippen LogP contribution is 2.39. The number of aliphatic hydroxyl groups is 3. The minimum Gasteiger partial charge on any atom is -0.487 e. The molecule has 27 heavy (non-hydrogen) atoms. The van der Waals surface area contributed by atoms with Gasteiger partial charge in [0, 0.05) is 5.02 Å². The highest BCUT2D eigenvalue weighted by atomic mass is 35.5. The van der Waals surface area contributed by atoms with E-state index in [1.54, 1.807) is 32.0 Å². The molecule has 0 aliphatic carbocycles. The van der Waals surface area contributed by atoms with Crippen molar-refractivity contribution in [2.75, 3.05) is 0 Å². The fourth-order valence-electron chi connectivity index (χ4n) is 2.99. The summed E-state index contributed by atoms with van der Waals surface area (Å²) in [7, 11) is 0. The van der Waals surface area contributed by atoms with Gasteiger partial charge >= 0.3 is 6.16 Å². The summed E-state index contributed by atoms with van der Waals surface area (Å²) in [5, 5.41) is 31.1. The molecule has 1 aliphatic rings. The van der Waals surface area contributed by atoms with E-state index in [4.69, 9.17) is 21.1 Å². The van der Waals surface area contributed by atoms with Crippen molar-refractivity contribution >= 4 is 17.5 Å². The molecule has 0 saturated heterocycles. The molecular formula is C19H20ClNO6. The summed E-state index contributed by atoms with van der Waals surface area (Å²) in [4.78, 5) is 12.2. The van der Waals surface area contributed by atoms with Crippen LogP contribution in [-0.2, 0) is 11.2 Å². The minimum absolute atomic E-state index is 0.0764. The summed E-state index contributed by atoms with van der Waals surface area (Å²) < 4.78 is 10.5. The van der Waals surface area contributed by atoms with E-state index in [2.05, 4.69) is 5.32 Å². The zero-order valence-corrected chi connectivity index (χ0v) is 15.5. The number of amides is 1. The van der Waals surface area contributed by atoms with E-state index < -0.39 is 12.2 Å². The van der Waals surface area contributed by atoms with Gasteiger partial charge in [-0.05, 0) is 54.8 Å². The quantitative estimate of drug-likeness (QED) is 0.577. The molecular weight excluding hydrogens is 374 g/mol. The molecule has 1 unspecified atom stereocenters. The van der Waals surface area contributed by atoms with Crippen LogP contribution in [0.15, 0.2) is 36.4 Å². The van der Waals surface area contributed by atoms with Gasteiger partial charge in [-0.25, -0.2) is 0 Å². The van der Waals surface area contributed by atoms with Gasteiger partial charge in [0.15, 0.2) is 11.5 Å². The second kappa shape index (κ2) is 7.36. The van der Waals surface area contributed by atoms with Crippen molar-refractivity contribution in [3.05, 3.63) is 58.1 Å². The average Bonchev–Trinajstić information content (AvgIpc) is 2.54. The van der Waals surface area contributed by atoms with Gasteiger partial charge in [0.2, 0.25) is 5.91 Å². The topological polar surface area (TPSA) is 108 Å². The van der Waals surface area contributed by atoms with Crippen LogP contribution in [0.1, 0.15) is 36.6 Å².